The Morgan fingerprint density at radius 1 is 1.67 bits per heavy atom. The van der Waals surface area contributed by atoms with Crippen molar-refractivity contribution < 1.29 is 9.53 Å². The van der Waals surface area contributed by atoms with Crippen molar-refractivity contribution in [3.05, 3.63) is 14.2 Å². The van der Waals surface area contributed by atoms with Gasteiger partial charge in [-0.1, -0.05) is 0 Å². The Balaban J connectivity index is 2.01. The number of halogens is 1. The first-order chi connectivity index (χ1) is 8.54. The number of amides is 1. The highest BCUT2D eigenvalue weighted by atomic mass is 79.9. The van der Waals surface area contributed by atoms with E-state index < -0.39 is 0 Å². The number of thiophene rings is 1. The lowest BCUT2D eigenvalue weighted by Gasteiger charge is -2.11. The van der Waals surface area contributed by atoms with Crippen LogP contribution in [0.3, 0.4) is 0 Å². The third-order valence-corrected chi connectivity index (χ3v) is 5.41. The first kappa shape index (κ1) is 13.8. The minimum Gasteiger partial charge on any atom is -0.494 e. The van der Waals surface area contributed by atoms with Crippen LogP contribution >= 0.6 is 27.3 Å². The van der Waals surface area contributed by atoms with E-state index in [1.165, 1.54) is 24.2 Å². The highest BCUT2D eigenvalue weighted by Gasteiger charge is 2.29. The fraction of sp³-hybridized carbons (Fsp3) is 0.583. The molecule has 1 aliphatic rings. The van der Waals surface area contributed by atoms with Gasteiger partial charge in [-0.15, -0.1) is 11.3 Å². The Labute approximate surface area is 119 Å². The lowest BCUT2D eigenvalue weighted by molar-refractivity contribution is 0.0951. The van der Waals surface area contributed by atoms with Gasteiger partial charge in [0.25, 0.3) is 5.91 Å². The number of aryl methyl sites for hydroxylation is 1. The van der Waals surface area contributed by atoms with E-state index in [1.54, 1.807) is 7.11 Å². The molecule has 0 bridgehead atoms. The Bertz CT molecular complexity index is 457. The van der Waals surface area contributed by atoms with Gasteiger partial charge in [0.1, 0.15) is 4.88 Å². The van der Waals surface area contributed by atoms with Crippen molar-refractivity contribution in [3.63, 3.8) is 0 Å². The minimum absolute atomic E-state index is 0.0736. The summed E-state index contributed by atoms with van der Waals surface area (Å²) in [5.41, 5.74) is 5.96. The molecule has 1 aliphatic carbocycles. The van der Waals surface area contributed by atoms with Crippen LogP contribution in [0.1, 0.15) is 27.4 Å². The normalized spacial score (nSPS) is 16.4. The number of carbonyl (C=O) groups is 1. The molecular formula is C12H17BrN2O2S. The number of ether oxygens (including phenoxy) is 1. The van der Waals surface area contributed by atoms with Crippen molar-refractivity contribution in [2.24, 2.45) is 11.7 Å². The standard InChI is InChI=1S/C12H17BrN2O2S/c1-6-9(13)10(17-2)11(18-6)12(16)15-5-8(14)7-3-4-7/h7-8H,3-5,14H2,1-2H3,(H,15,16). The van der Waals surface area contributed by atoms with E-state index >= 15 is 0 Å². The summed E-state index contributed by atoms with van der Waals surface area (Å²) >= 11 is 4.85. The molecule has 1 atom stereocenters. The van der Waals surface area contributed by atoms with E-state index in [0.29, 0.717) is 23.1 Å². The number of nitrogens with one attached hydrogen (secondary N) is 1. The van der Waals surface area contributed by atoms with Gasteiger partial charge in [-0.25, -0.2) is 0 Å². The van der Waals surface area contributed by atoms with Crippen molar-refractivity contribution in [1.82, 2.24) is 5.32 Å². The Morgan fingerprint density at radius 3 is 2.89 bits per heavy atom. The predicted molar refractivity (Wildman–Crippen MR) is 76.3 cm³/mol. The number of nitrogens with two attached hydrogens (primary N) is 1. The van der Waals surface area contributed by atoms with Crippen LogP contribution in [0.5, 0.6) is 5.75 Å². The zero-order valence-corrected chi connectivity index (χ0v) is 12.9. The van der Waals surface area contributed by atoms with Crippen LogP contribution in [0.15, 0.2) is 4.47 Å². The highest BCUT2D eigenvalue weighted by molar-refractivity contribution is 9.10. The molecule has 1 heterocycles. The van der Waals surface area contributed by atoms with Crippen LogP contribution in [-0.4, -0.2) is 25.6 Å². The smallest absolute Gasteiger partial charge is 0.265 e. The second-order valence-corrected chi connectivity index (χ2v) is 6.56. The second-order valence-electron chi connectivity index (χ2n) is 4.55. The summed E-state index contributed by atoms with van der Waals surface area (Å²) in [5.74, 6) is 1.08. The monoisotopic (exact) mass is 332 g/mol. The summed E-state index contributed by atoms with van der Waals surface area (Å²) in [6.07, 6.45) is 2.37. The quantitative estimate of drug-likeness (QED) is 0.869. The first-order valence-electron chi connectivity index (χ1n) is 5.91. The molecule has 1 aromatic rings. The van der Waals surface area contributed by atoms with Crippen LogP contribution in [0, 0.1) is 12.8 Å². The van der Waals surface area contributed by atoms with Crippen LogP contribution in [0.4, 0.5) is 0 Å². The molecule has 0 saturated heterocycles. The zero-order valence-electron chi connectivity index (χ0n) is 10.5. The van der Waals surface area contributed by atoms with Crippen LogP contribution in [0.25, 0.3) is 0 Å². The Kier molecular flexibility index (Phi) is 4.29. The first-order valence-corrected chi connectivity index (χ1v) is 7.52. The molecule has 1 amide bonds. The molecule has 0 spiro atoms. The average molecular weight is 333 g/mol. The van der Waals surface area contributed by atoms with Gasteiger partial charge >= 0.3 is 0 Å². The summed E-state index contributed by atoms with van der Waals surface area (Å²) in [6.45, 7) is 2.48. The number of rotatable bonds is 5. The van der Waals surface area contributed by atoms with Crippen molar-refractivity contribution >= 4 is 33.2 Å². The molecule has 1 aromatic heterocycles. The molecule has 1 saturated carbocycles. The number of carbonyl (C=O) groups excluding carboxylic acids is 1. The molecule has 1 unspecified atom stereocenters. The van der Waals surface area contributed by atoms with Gasteiger partial charge in [0.15, 0.2) is 5.75 Å². The maximum Gasteiger partial charge on any atom is 0.265 e. The van der Waals surface area contributed by atoms with Gasteiger partial charge < -0.3 is 15.8 Å². The number of hydrogen-bond acceptors (Lipinski definition) is 4. The number of methoxy groups -OCH3 is 1. The molecule has 0 radical (unpaired) electrons. The molecule has 0 aromatic carbocycles. The predicted octanol–water partition coefficient (Wildman–Crippen LogP) is 2.29. The Morgan fingerprint density at radius 2 is 2.33 bits per heavy atom. The lowest BCUT2D eigenvalue weighted by Crippen LogP contribution is -2.38. The molecule has 1 fully saturated rings. The average Bonchev–Trinajstić information content (AvgIpc) is 3.15. The largest absolute Gasteiger partial charge is 0.494 e. The third-order valence-electron chi connectivity index (χ3n) is 3.11. The van der Waals surface area contributed by atoms with Gasteiger partial charge in [-0.05, 0) is 41.6 Å². The summed E-state index contributed by atoms with van der Waals surface area (Å²) in [7, 11) is 1.57. The van der Waals surface area contributed by atoms with Crippen LogP contribution in [0.2, 0.25) is 0 Å². The summed E-state index contributed by atoms with van der Waals surface area (Å²) in [5, 5.41) is 2.88. The summed E-state index contributed by atoms with van der Waals surface area (Å²) in [6, 6.07) is 0.0736. The molecule has 3 N–H and O–H groups in total. The third kappa shape index (κ3) is 2.87. The molecule has 0 aliphatic heterocycles. The minimum atomic E-state index is -0.109. The lowest BCUT2D eigenvalue weighted by atomic mass is 10.2. The van der Waals surface area contributed by atoms with Gasteiger partial charge in [0.05, 0.1) is 11.6 Å². The fourth-order valence-corrected chi connectivity index (χ4v) is 3.48. The van der Waals surface area contributed by atoms with Crippen molar-refractivity contribution in [2.45, 2.75) is 25.8 Å². The molecular weight excluding hydrogens is 316 g/mol. The van der Waals surface area contributed by atoms with E-state index in [9.17, 15) is 4.79 Å². The van der Waals surface area contributed by atoms with Gasteiger partial charge in [-0.3, -0.25) is 4.79 Å². The van der Waals surface area contributed by atoms with Gasteiger partial charge in [0.2, 0.25) is 0 Å². The molecule has 6 heteroatoms. The van der Waals surface area contributed by atoms with E-state index in [2.05, 4.69) is 21.2 Å². The molecule has 100 valence electrons. The maximum absolute atomic E-state index is 12.1. The van der Waals surface area contributed by atoms with E-state index in [0.717, 1.165) is 9.35 Å². The topological polar surface area (TPSA) is 64.3 Å². The second kappa shape index (κ2) is 5.59. The fourth-order valence-electron chi connectivity index (χ4n) is 1.82. The maximum atomic E-state index is 12.1. The van der Waals surface area contributed by atoms with Crippen molar-refractivity contribution in [2.75, 3.05) is 13.7 Å². The van der Waals surface area contributed by atoms with Crippen LogP contribution < -0.4 is 15.8 Å². The molecule has 18 heavy (non-hydrogen) atoms. The zero-order chi connectivity index (χ0) is 13.3. The summed E-state index contributed by atoms with van der Waals surface area (Å²) < 4.78 is 6.11. The highest BCUT2D eigenvalue weighted by Crippen LogP contribution is 2.39. The molecule has 4 nitrogen and oxygen atoms in total. The van der Waals surface area contributed by atoms with E-state index in [-0.39, 0.29) is 11.9 Å². The SMILES string of the molecule is COc1c(C(=O)NCC(N)C2CC2)sc(C)c1Br. The Hall–Kier alpha value is -0.590. The van der Waals surface area contributed by atoms with Gasteiger partial charge in [-0.2, -0.15) is 0 Å². The van der Waals surface area contributed by atoms with E-state index in [1.807, 2.05) is 6.92 Å². The van der Waals surface area contributed by atoms with Gasteiger partial charge in [0, 0.05) is 17.5 Å². The van der Waals surface area contributed by atoms with E-state index in [4.69, 9.17) is 10.5 Å². The van der Waals surface area contributed by atoms with Crippen LogP contribution in [-0.2, 0) is 0 Å². The summed E-state index contributed by atoms with van der Waals surface area (Å²) in [4.78, 5) is 13.7. The number of hydrogen-bond donors (Lipinski definition) is 2. The van der Waals surface area contributed by atoms with Crippen molar-refractivity contribution in [3.8, 4) is 5.75 Å². The van der Waals surface area contributed by atoms with Crippen molar-refractivity contribution in [1.29, 1.82) is 0 Å². The molecule has 2 rings (SSSR count).